The molecule has 0 aliphatic heterocycles. The average molecular weight is 201 g/mol. The minimum absolute atomic E-state index is 0.183. The lowest BCUT2D eigenvalue weighted by molar-refractivity contribution is 0.0927. The van der Waals surface area contributed by atoms with E-state index in [0.29, 0.717) is 11.6 Å². The number of carbonyl (C=O) groups is 1. The van der Waals surface area contributed by atoms with E-state index in [1.807, 2.05) is 0 Å². The van der Waals surface area contributed by atoms with Crippen molar-refractivity contribution in [2.45, 2.75) is 18.4 Å². The molecule has 13 heavy (non-hydrogen) atoms. The Morgan fingerprint density at radius 2 is 2.54 bits per heavy atom. The van der Waals surface area contributed by atoms with Gasteiger partial charge in [0.15, 0.2) is 5.69 Å². The summed E-state index contributed by atoms with van der Waals surface area (Å²) in [6, 6.07) is 1.53. The molecule has 1 heterocycles. The number of nitrogens with one attached hydrogen (secondary N) is 1. The second kappa shape index (κ2) is 3.03. The fraction of sp³-hybridized carbons (Fsp3) is 0.500. The quantitative estimate of drug-likeness (QED) is 0.746. The van der Waals surface area contributed by atoms with E-state index >= 15 is 0 Å². The molecule has 0 saturated heterocycles. The Morgan fingerprint density at radius 3 is 3.00 bits per heavy atom. The van der Waals surface area contributed by atoms with Gasteiger partial charge in [-0.2, -0.15) is 0 Å². The molecule has 0 atom stereocenters. The Balaban J connectivity index is 2.00. The number of aromatic nitrogens is 1. The fourth-order valence-electron chi connectivity index (χ4n) is 1.08. The van der Waals surface area contributed by atoms with Gasteiger partial charge in [-0.15, -0.1) is 11.6 Å². The Labute approximate surface area is 80.2 Å². The number of hydrogen-bond acceptors (Lipinski definition) is 3. The summed E-state index contributed by atoms with van der Waals surface area (Å²) in [6.07, 6.45) is 3.26. The number of rotatable bonds is 3. The molecule has 0 radical (unpaired) electrons. The zero-order valence-electron chi connectivity index (χ0n) is 6.92. The molecule has 1 N–H and O–H groups in total. The Morgan fingerprint density at radius 1 is 1.77 bits per heavy atom. The van der Waals surface area contributed by atoms with E-state index in [1.165, 1.54) is 12.3 Å². The third kappa shape index (κ3) is 1.67. The maximum absolute atomic E-state index is 11.4. The van der Waals surface area contributed by atoms with Crippen LogP contribution in [-0.4, -0.2) is 22.5 Å². The molecule has 1 aliphatic rings. The summed E-state index contributed by atoms with van der Waals surface area (Å²) in [5.74, 6) is 0.239. The van der Waals surface area contributed by atoms with Gasteiger partial charge in [-0.05, 0) is 12.8 Å². The van der Waals surface area contributed by atoms with Gasteiger partial charge in [-0.25, -0.2) is 0 Å². The molecule has 2 rings (SSSR count). The Bertz CT molecular complexity index is 306. The van der Waals surface area contributed by atoms with Crippen LogP contribution in [0.25, 0.3) is 0 Å². The minimum atomic E-state index is -0.216. The minimum Gasteiger partial charge on any atom is -0.364 e. The van der Waals surface area contributed by atoms with Crippen LogP contribution < -0.4 is 5.32 Å². The first-order valence-corrected chi connectivity index (χ1v) is 4.58. The fourth-order valence-corrected chi connectivity index (χ4v) is 1.41. The van der Waals surface area contributed by atoms with Gasteiger partial charge in [-0.3, -0.25) is 4.79 Å². The molecule has 1 saturated carbocycles. The van der Waals surface area contributed by atoms with Crippen molar-refractivity contribution in [3.05, 3.63) is 18.0 Å². The molecule has 1 aromatic rings. The number of amides is 1. The highest BCUT2D eigenvalue weighted by Gasteiger charge is 2.43. The van der Waals surface area contributed by atoms with Gasteiger partial charge in [0, 0.05) is 11.9 Å². The largest absolute Gasteiger partial charge is 0.364 e. The van der Waals surface area contributed by atoms with Gasteiger partial charge in [0.25, 0.3) is 5.91 Å². The molecule has 5 heteroatoms. The number of hydrogen-bond donors (Lipinski definition) is 1. The molecule has 0 unspecified atom stereocenters. The number of carbonyl (C=O) groups excluding carboxylic acids is 1. The second-order valence-corrected chi connectivity index (χ2v) is 3.52. The van der Waals surface area contributed by atoms with E-state index in [2.05, 4.69) is 15.0 Å². The van der Waals surface area contributed by atoms with Crippen LogP contribution in [0.5, 0.6) is 0 Å². The maximum atomic E-state index is 11.4. The third-order valence-corrected chi connectivity index (χ3v) is 2.67. The van der Waals surface area contributed by atoms with Crippen molar-refractivity contribution in [1.29, 1.82) is 0 Å². The summed E-state index contributed by atoms with van der Waals surface area (Å²) in [6.45, 7) is 0. The molecule has 1 aromatic heterocycles. The molecule has 0 aromatic carbocycles. The smallest absolute Gasteiger partial charge is 0.273 e. The summed E-state index contributed by atoms with van der Waals surface area (Å²) in [5, 5.41) is 6.36. The van der Waals surface area contributed by atoms with Crippen molar-refractivity contribution in [2.75, 3.05) is 5.88 Å². The van der Waals surface area contributed by atoms with Crippen molar-refractivity contribution in [2.24, 2.45) is 0 Å². The standard InChI is InChI=1S/C8H9ClN2O2/c9-5-8(2-3-8)10-7(12)6-1-4-13-11-6/h1,4H,2-3,5H2,(H,10,12). The van der Waals surface area contributed by atoms with Crippen LogP contribution in [-0.2, 0) is 0 Å². The molecular weight excluding hydrogens is 192 g/mol. The SMILES string of the molecule is O=C(NC1(CCl)CC1)c1ccon1. The van der Waals surface area contributed by atoms with Crippen LogP contribution in [0.15, 0.2) is 16.9 Å². The van der Waals surface area contributed by atoms with Gasteiger partial charge in [-0.1, -0.05) is 5.16 Å². The summed E-state index contributed by atoms with van der Waals surface area (Å²) < 4.78 is 4.56. The summed E-state index contributed by atoms with van der Waals surface area (Å²) >= 11 is 5.70. The molecule has 1 fully saturated rings. The molecule has 0 spiro atoms. The highest BCUT2D eigenvalue weighted by molar-refractivity contribution is 6.19. The van der Waals surface area contributed by atoms with E-state index < -0.39 is 0 Å². The van der Waals surface area contributed by atoms with Crippen LogP contribution in [0.4, 0.5) is 0 Å². The van der Waals surface area contributed by atoms with E-state index in [4.69, 9.17) is 11.6 Å². The molecule has 1 aliphatic carbocycles. The van der Waals surface area contributed by atoms with Crippen LogP contribution in [0, 0.1) is 0 Å². The topological polar surface area (TPSA) is 55.1 Å². The predicted octanol–water partition coefficient (Wildman–Crippen LogP) is 1.18. The first-order valence-electron chi connectivity index (χ1n) is 4.05. The summed E-state index contributed by atoms with van der Waals surface area (Å²) in [7, 11) is 0. The monoisotopic (exact) mass is 200 g/mol. The normalized spacial score (nSPS) is 18.2. The van der Waals surface area contributed by atoms with Crippen molar-refractivity contribution in [3.63, 3.8) is 0 Å². The predicted molar refractivity (Wildman–Crippen MR) is 46.7 cm³/mol. The number of nitrogens with zero attached hydrogens (tertiary/aromatic N) is 1. The van der Waals surface area contributed by atoms with Crippen LogP contribution in [0.1, 0.15) is 23.3 Å². The van der Waals surface area contributed by atoms with Gasteiger partial charge in [0.1, 0.15) is 6.26 Å². The van der Waals surface area contributed by atoms with Crippen LogP contribution >= 0.6 is 11.6 Å². The molecule has 0 bridgehead atoms. The average Bonchev–Trinajstić information content (AvgIpc) is 2.69. The number of halogens is 1. The van der Waals surface area contributed by atoms with Crippen molar-refractivity contribution >= 4 is 17.5 Å². The Kier molecular flexibility index (Phi) is 2.00. The van der Waals surface area contributed by atoms with E-state index in [1.54, 1.807) is 0 Å². The van der Waals surface area contributed by atoms with E-state index in [0.717, 1.165) is 12.8 Å². The molecule has 4 nitrogen and oxygen atoms in total. The first kappa shape index (κ1) is 8.56. The molecule has 1 amide bonds. The van der Waals surface area contributed by atoms with Gasteiger partial charge >= 0.3 is 0 Å². The highest BCUT2D eigenvalue weighted by Crippen LogP contribution is 2.36. The van der Waals surface area contributed by atoms with Crippen molar-refractivity contribution in [3.8, 4) is 0 Å². The van der Waals surface area contributed by atoms with Gasteiger partial charge < -0.3 is 9.84 Å². The van der Waals surface area contributed by atoms with Gasteiger partial charge in [0.05, 0.1) is 5.54 Å². The zero-order chi connectivity index (χ0) is 9.31. The first-order chi connectivity index (χ1) is 6.26. The Hall–Kier alpha value is -1.03. The van der Waals surface area contributed by atoms with E-state index in [9.17, 15) is 4.79 Å². The zero-order valence-corrected chi connectivity index (χ0v) is 7.67. The lowest BCUT2D eigenvalue weighted by atomic mass is 10.3. The van der Waals surface area contributed by atoms with Crippen molar-refractivity contribution in [1.82, 2.24) is 10.5 Å². The lowest BCUT2D eigenvalue weighted by Crippen LogP contribution is -2.38. The second-order valence-electron chi connectivity index (χ2n) is 3.25. The van der Waals surface area contributed by atoms with Crippen molar-refractivity contribution < 1.29 is 9.32 Å². The van der Waals surface area contributed by atoms with E-state index in [-0.39, 0.29) is 11.4 Å². The molecular formula is C8H9ClN2O2. The molecule has 70 valence electrons. The summed E-state index contributed by atoms with van der Waals surface area (Å²) in [5.41, 5.74) is 0.119. The summed E-state index contributed by atoms with van der Waals surface area (Å²) in [4.78, 5) is 11.4. The third-order valence-electron chi connectivity index (χ3n) is 2.16. The lowest BCUT2D eigenvalue weighted by Gasteiger charge is -2.11. The number of alkyl halides is 1. The van der Waals surface area contributed by atoms with Crippen LogP contribution in [0.2, 0.25) is 0 Å². The van der Waals surface area contributed by atoms with Gasteiger partial charge in [0.2, 0.25) is 0 Å². The maximum Gasteiger partial charge on any atom is 0.273 e. The van der Waals surface area contributed by atoms with Crippen LogP contribution in [0.3, 0.4) is 0 Å². The highest BCUT2D eigenvalue weighted by atomic mass is 35.5.